The first-order valence-electron chi connectivity index (χ1n) is 9.83. The van der Waals surface area contributed by atoms with Crippen molar-refractivity contribution in [1.29, 1.82) is 0 Å². The summed E-state index contributed by atoms with van der Waals surface area (Å²) in [7, 11) is 0. The summed E-state index contributed by atoms with van der Waals surface area (Å²) < 4.78 is 0. The van der Waals surface area contributed by atoms with Crippen molar-refractivity contribution in [2.75, 3.05) is 19.6 Å². The number of rotatable bonds is 6. The molecule has 27 heavy (non-hydrogen) atoms. The van der Waals surface area contributed by atoms with Crippen LogP contribution in [0.25, 0.3) is 10.8 Å². The van der Waals surface area contributed by atoms with E-state index in [1.807, 2.05) is 18.2 Å². The molecule has 3 nitrogen and oxygen atoms in total. The second-order valence-corrected chi connectivity index (χ2v) is 7.33. The summed E-state index contributed by atoms with van der Waals surface area (Å²) in [6, 6.07) is 25.3. The Bertz CT molecular complexity index is 900. The zero-order valence-electron chi connectivity index (χ0n) is 15.6. The molecule has 0 aliphatic carbocycles. The molecular formula is C24H26N2O. The molecule has 1 N–H and O–H groups in total. The number of carbonyl (C=O) groups excluding carboxylic acids is 1. The number of benzene rings is 3. The van der Waals surface area contributed by atoms with Crippen LogP contribution in [-0.2, 0) is 11.2 Å². The van der Waals surface area contributed by atoms with Crippen molar-refractivity contribution >= 4 is 16.7 Å². The van der Waals surface area contributed by atoms with E-state index in [2.05, 4.69) is 64.8 Å². The highest BCUT2D eigenvalue weighted by Crippen LogP contribution is 2.24. The maximum Gasteiger partial charge on any atom is 0.224 e. The van der Waals surface area contributed by atoms with Crippen molar-refractivity contribution in [3.63, 3.8) is 0 Å². The summed E-state index contributed by atoms with van der Waals surface area (Å²) in [6.45, 7) is 2.89. The molecule has 0 radical (unpaired) electrons. The standard InChI is InChI=1S/C24H26N2O/c27-24(17-19-12-13-20-8-4-5-11-22(20)16-19)25-18-23(26-14-6-7-15-26)21-9-2-1-3-10-21/h1-5,8-13,16,23H,6-7,14-15,17-18H2,(H,25,27). The van der Waals surface area contributed by atoms with E-state index < -0.39 is 0 Å². The number of likely N-dealkylation sites (tertiary alicyclic amines) is 1. The van der Waals surface area contributed by atoms with Crippen LogP contribution in [0.1, 0.15) is 30.0 Å². The summed E-state index contributed by atoms with van der Waals surface area (Å²) in [4.78, 5) is 15.1. The smallest absolute Gasteiger partial charge is 0.224 e. The minimum atomic E-state index is 0.0883. The Labute approximate surface area is 161 Å². The van der Waals surface area contributed by atoms with Crippen LogP contribution in [0.4, 0.5) is 0 Å². The van der Waals surface area contributed by atoms with Gasteiger partial charge in [0.15, 0.2) is 0 Å². The third-order valence-electron chi connectivity index (χ3n) is 5.44. The second kappa shape index (κ2) is 8.36. The number of carbonyl (C=O) groups is 1. The van der Waals surface area contributed by atoms with E-state index in [0.29, 0.717) is 13.0 Å². The fraction of sp³-hybridized carbons (Fsp3) is 0.292. The summed E-state index contributed by atoms with van der Waals surface area (Å²) in [5.41, 5.74) is 2.34. The Morgan fingerprint density at radius 3 is 2.37 bits per heavy atom. The van der Waals surface area contributed by atoms with E-state index in [1.54, 1.807) is 0 Å². The Kier molecular flexibility index (Phi) is 5.50. The van der Waals surface area contributed by atoms with Gasteiger partial charge in [0.25, 0.3) is 0 Å². The van der Waals surface area contributed by atoms with Crippen LogP contribution in [0.3, 0.4) is 0 Å². The van der Waals surface area contributed by atoms with Gasteiger partial charge in [-0.05, 0) is 47.8 Å². The van der Waals surface area contributed by atoms with Crippen LogP contribution < -0.4 is 5.32 Å². The molecule has 1 saturated heterocycles. The lowest BCUT2D eigenvalue weighted by Crippen LogP contribution is -2.37. The highest BCUT2D eigenvalue weighted by Gasteiger charge is 2.23. The van der Waals surface area contributed by atoms with E-state index in [0.717, 1.165) is 18.7 Å². The molecular weight excluding hydrogens is 332 g/mol. The van der Waals surface area contributed by atoms with Crippen molar-refractivity contribution in [2.45, 2.75) is 25.3 Å². The lowest BCUT2D eigenvalue weighted by atomic mass is 10.0. The molecule has 0 aromatic heterocycles. The van der Waals surface area contributed by atoms with E-state index in [9.17, 15) is 4.79 Å². The SMILES string of the molecule is O=C(Cc1ccc2ccccc2c1)NCC(c1ccccc1)N1CCCC1. The third-order valence-corrected chi connectivity index (χ3v) is 5.44. The lowest BCUT2D eigenvalue weighted by molar-refractivity contribution is -0.120. The fourth-order valence-corrected chi connectivity index (χ4v) is 3.99. The van der Waals surface area contributed by atoms with Gasteiger partial charge < -0.3 is 5.32 Å². The minimum Gasteiger partial charge on any atom is -0.354 e. The number of nitrogens with zero attached hydrogens (tertiary/aromatic N) is 1. The van der Waals surface area contributed by atoms with Crippen molar-refractivity contribution in [3.8, 4) is 0 Å². The molecule has 0 spiro atoms. The summed E-state index contributed by atoms with van der Waals surface area (Å²) >= 11 is 0. The second-order valence-electron chi connectivity index (χ2n) is 7.33. The molecule has 1 amide bonds. The molecule has 1 aliphatic rings. The van der Waals surface area contributed by atoms with Crippen LogP contribution in [0, 0.1) is 0 Å². The summed E-state index contributed by atoms with van der Waals surface area (Å²) in [6.07, 6.45) is 2.91. The number of nitrogens with one attached hydrogen (secondary N) is 1. The van der Waals surface area contributed by atoms with Crippen molar-refractivity contribution in [3.05, 3.63) is 83.9 Å². The largest absolute Gasteiger partial charge is 0.354 e. The highest BCUT2D eigenvalue weighted by atomic mass is 16.1. The molecule has 1 unspecified atom stereocenters. The molecule has 1 heterocycles. The average Bonchev–Trinajstić information content (AvgIpc) is 3.23. The topological polar surface area (TPSA) is 32.3 Å². The van der Waals surface area contributed by atoms with E-state index in [-0.39, 0.29) is 11.9 Å². The number of hydrogen-bond donors (Lipinski definition) is 1. The first kappa shape index (κ1) is 17.7. The van der Waals surface area contributed by atoms with Gasteiger partial charge in [0.1, 0.15) is 0 Å². The van der Waals surface area contributed by atoms with Crippen LogP contribution in [0.15, 0.2) is 72.8 Å². The van der Waals surface area contributed by atoms with Crippen LogP contribution in [0.5, 0.6) is 0 Å². The molecule has 0 saturated carbocycles. The third kappa shape index (κ3) is 4.37. The monoisotopic (exact) mass is 358 g/mol. The van der Waals surface area contributed by atoms with Crippen molar-refractivity contribution in [1.82, 2.24) is 10.2 Å². The summed E-state index contributed by atoms with van der Waals surface area (Å²) in [5.74, 6) is 0.0883. The first-order valence-corrected chi connectivity index (χ1v) is 9.83. The van der Waals surface area contributed by atoms with Gasteiger partial charge in [0.2, 0.25) is 5.91 Å². The highest BCUT2D eigenvalue weighted by molar-refractivity contribution is 5.85. The lowest BCUT2D eigenvalue weighted by Gasteiger charge is -2.28. The summed E-state index contributed by atoms with van der Waals surface area (Å²) in [5, 5.41) is 5.56. The predicted octanol–water partition coefficient (Wildman–Crippen LogP) is 4.34. The maximum absolute atomic E-state index is 12.6. The first-order chi connectivity index (χ1) is 13.3. The number of hydrogen-bond acceptors (Lipinski definition) is 2. The van der Waals surface area contributed by atoms with E-state index in [1.165, 1.54) is 29.2 Å². The van der Waals surface area contributed by atoms with Crippen LogP contribution in [-0.4, -0.2) is 30.4 Å². The molecule has 1 fully saturated rings. The van der Waals surface area contributed by atoms with Gasteiger partial charge in [0.05, 0.1) is 12.5 Å². The Morgan fingerprint density at radius 2 is 1.59 bits per heavy atom. The molecule has 138 valence electrons. The van der Waals surface area contributed by atoms with Gasteiger partial charge in [-0.1, -0.05) is 72.8 Å². The minimum absolute atomic E-state index is 0.0883. The number of amides is 1. The average molecular weight is 358 g/mol. The molecule has 3 aromatic carbocycles. The normalized spacial score (nSPS) is 15.7. The zero-order valence-corrected chi connectivity index (χ0v) is 15.6. The van der Waals surface area contributed by atoms with Crippen molar-refractivity contribution in [2.24, 2.45) is 0 Å². The molecule has 1 atom stereocenters. The predicted molar refractivity (Wildman–Crippen MR) is 111 cm³/mol. The molecule has 3 aromatic rings. The van der Waals surface area contributed by atoms with Gasteiger partial charge >= 0.3 is 0 Å². The fourth-order valence-electron chi connectivity index (χ4n) is 3.99. The van der Waals surface area contributed by atoms with E-state index in [4.69, 9.17) is 0 Å². The molecule has 4 rings (SSSR count). The van der Waals surface area contributed by atoms with Gasteiger partial charge in [-0.2, -0.15) is 0 Å². The maximum atomic E-state index is 12.6. The van der Waals surface area contributed by atoms with Gasteiger partial charge in [-0.15, -0.1) is 0 Å². The Balaban J connectivity index is 1.41. The van der Waals surface area contributed by atoms with Crippen LogP contribution >= 0.6 is 0 Å². The van der Waals surface area contributed by atoms with Gasteiger partial charge in [-0.3, -0.25) is 9.69 Å². The molecule has 1 aliphatic heterocycles. The zero-order chi connectivity index (χ0) is 18.5. The van der Waals surface area contributed by atoms with Crippen LogP contribution in [0.2, 0.25) is 0 Å². The Hall–Kier alpha value is -2.65. The van der Waals surface area contributed by atoms with Gasteiger partial charge in [-0.25, -0.2) is 0 Å². The quantitative estimate of drug-likeness (QED) is 0.711. The molecule has 0 bridgehead atoms. The van der Waals surface area contributed by atoms with Gasteiger partial charge in [0, 0.05) is 6.54 Å². The van der Waals surface area contributed by atoms with E-state index >= 15 is 0 Å². The molecule has 3 heteroatoms. The Morgan fingerprint density at radius 1 is 0.889 bits per heavy atom. The van der Waals surface area contributed by atoms with Crippen molar-refractivity contribution < 1.29 is 4.79 Å². The number of fused-ring (bicyclic) bond motifs is 1.